The third kappa shape index (κ3) is 1.25. The SMILES string of the molecule is O=C1C=C(Cl)C(Cl)=NC1=O. The molecule has 0 aromatic carbocycles. The van der Waals surface area contributed by atoms with Gasteiger partial charge in [0.1, 0.15) is 0 Å². The molecule has 0 atom stereocenters. The predicted molar refractivity (Wildman–Crippen MR) is 37.2 cm³/mol. The van der Waals surface area contributed by atoms with Crippen LogP contribution in [0.2, 0.25) is 0 Å². The number of amides is 1. The number of carbonyl (C=O) groups is 2. The average molecular weight is 178 g/mol. The Hall–Kier alpha value is -0.670. The molecule has 0 aromatic rings. The van der Waals surface area contributed by atoms with Crippen LogP contribution in [0.5, 0.6) is 0 Å². The van der Waals surface area contributed by atoms with E-state index in [-0.39, 0.29) is 10.2 Å². The first kappa shape index (κ1) is 7.44. The molecule has 3 nitrogen and oxygen atoms in total. The Morgan fingerprint density at radius 3 is 2.40 bits per heavy atom. The zero-order valence-corrected chi connectivity index (χ0v) is 6.11. The summed E-state index contributed by atoms with van der Waals surface area (Å²) in [6, 6.07) is 0. The van der Waals surface area contributed by atoms with Crippen LogP contribution >= 0.6 is 23.2 Å². The lowest BCUT2D eigenvalue weighted by molar-refractivity contribution is -0.133. The first-order chi connectivity index (χ1) is 4.61. The molecule has 0 N–H and O–H groups in total. The molecular formula is C5HCl2NO2. The fourth-order valence-corrected chi connectivity index (χ4v) is 0.707. The van der Waals surface area contributed by atoms with Crippen molar-refractivity contribution in [1.82, 2.24) is 0 Å². The minimum absolute atomic E-state index is 0.00580. The summed E-state index contributed by atoms with van der Waals surface area (Å²) in [7, 11) is 0. The van der Waals surface area contributed by atoms with Crippen molar-refractivity contribution in [2.45, 2.75) is 0 Å². The summed E-state index contributed by atoms with van der Waals surface area (Å²) in [6.07, 6.45) is 0.944. The molecule has 0 aromatic heterocycles. The molecule has 0 spiro atoms. The second-order valence-electron chi connectivity index (χ2n) is 1.56. The first-order valence-corrected chi connectivity index (χ1v) is 3.07. The van der Waals surface area contributed by atoms with Gasteiger partial charge in [-0.3, -0.25) is 9.59 Å². The van der Waals surface area contributed by atoms with Gasteiger partial charge < -0.3 is 0 Å². The first-order valence-electron chi connectivity index (χ1n) is 2.31. The number of ketones is 1. The Morgan fingerprint density at radius 2 is 1.90 bits per heavy atom. The molecular weight excluding hydrogens is 177 g/mol. The van der Waals surface area contributed by atoms with Gasteiger partial charge in [-0.15, -0.1) is 0 Å². The number of nitrogens with zero attached hydrogens (tertiary/aromatic N) is 1. The fourth-order valence-electron chi connectivity index (χ4n) is 0.434. The van der Waals surface area contributed by atoms with Crippen molar-refractivity contribution < 1.29 is 9.59 Å². The minimum atomic E-state index is -0.880. The van der Waals surface area contributed by atoms with Crippen molar-refractivity contribution in [2.75, 3.05) is 0 Å². The van der Waals surface area contributed by atoms with Crippen molar-refractivity contribution in [1.29, 1.82) is 0 Å². The molecule has 0 unspecified atom stereocenters. The standard InChI is InChI=1S/C5HCl2NO2/c6-2-1-3(9)5(10)8-4(2)7/h1H. The number of halogens is 2. The largest absolute Gasteiger partial charge is 0.318 e. The Bertz CT molecular complexity index is 239. The summed E-state index contributed by atoms with van der Waals surface area (Å²) in [6.45, 7) is 0. The van der Waals surface area contributed by atoms with E-state index in [1.807, 2.05) is 0 Å². The van der Waals surface area contributed by atoms with Gasteiger partial charge in [-0.2, -0.15) is 4.99 Å². The molecule has 1 rings (SSSR count). The second kappa shape index (κ2) is 2.52. The summed E-state index contributed by atoms with van der Waals surface area (Å²) in [5.74, 6) is -1.62. The molecule has 10 heavy (non-hydrogen) atoms. The van der Waals surface area contributed by atoms with E-state index in [1.165, 1.54) is 0 Å². The second-order valence-corrected chi connectivity index (χ2v) is 2.33. The van der Waals surface area contributed by atoms with Gasteiger partial charge in [-0.1, -0.05) is 23.2 Å². The zero-order chi connectivity index (χ0) is 7.72. The monoisotopic (exact) mass is 177 g/mol. The number of carbonyl (C=O) groups excluding carboxylic acids is 2. The lowest BCUT2D eigenvalue weighted by Crippen LogP contribution is -2.15. The average Bonchev–Trinajstić information content (AvgIpc) is 1.84. The molecule has 52 valence electrons. The van der Waals surface area contributed by atoms with Gasteiger partial charge in [0.05, 0.1) is 5.03 Å². The minimum Gasteiger partial charge on any atom is -0.284 e. The lowest BCUT2D eigenvalue weighted by atomic mass is 10.3. The highest BCUT2D eigenvalue weighted by Crippen LogP contribution is 2.12. The number of hydrogen-bond donors (Lipinski definition) is 0. The number of allylic oxidation sites excluding steroid dienone is 1. The maximum atomic E-state index is 10.5. The highest BCUT2D eigenvalue weighted by atomic mass is 35.5. The van der Waals surface area contributed by atoms with Crippen LogP contribution in [0.3, 0.4) is 0 Å². The number of rotatable bonds is 0. The Kier molecular flexibility index (Phi) is 1.87. The lowest BCUT2D eigenvalue weighted by Gasteiger charge is -1.98. The third-order valence-corrected chi connectivity index (χ3v) is 1.54. The topological polar surface area (TPSA) is 46.5 Å². The molecule has 1 amide bonds. The van der Waals surface area contributed by atoms with Gasteiger partial charge in [0.15, 0.2) is 5.17 Å². The van der Waals surface area contributed by atoms with Gasteiger partial charge >= 0.3 is 5.91 Å². The van der Waals surface area contributed by atoms with Crippen LogP contribution in [0.15, 0.2) is 16.1 Å². The quantitative estimate of drug-likeness (QED) is 0.516. The number of hydrogen-bond acceptors (Lipinski definition) is 2. The highest BCUT2D eigenvalue weighted by molar-refractivity contribution is 6.78. The summed E-state index contributed by atoms with van der Waals surface area (Å²) < 4.78 is 0. The van der Waals surface area contributed by atoms with Crippen LogP contribution in [0.25, 0.3) is 0 Å². The Labute approximate surface area is 66.3 Å². The van der Waals surface area contributed by atoms with E-state index in [1.54, 1.807) is 0 Å². The van der Waals surface area contributed by atoms with E-state index in [2.05, 4.69) is 4.99 Å². The molecule has 1 heterocycles. The third-order valence-electron chi connectivity index (χ3n) is 0.865. The van der Waals surface area contributed by atoms with Gasteiger partial charge in [-0.25, -0.2) is 0 Å². The summed E-state index contributed by atoms with van der Waals surface area (Å²) in [5.41, 5.74) is 0. The Morgan fingerprint density at radius 1 is 1.30 bits per heavy atom. The predicted octanol–water partition coefficient (Wildman–Crippen LogP) is 0.856. The van der Waals surface area contributed by atoms with Crippen molar-refractivity contribution in [3.05, 3.63) is 11.1 Å². The summed E-state index contributed by atoms with van der Waals surface area (Å²) in [4.78, 5) is 24.0. The molecule has 0 radical (unpaired) electrons. The van der Waals surface area contributed by atoms with Crippen LogP contribution in [-0.2, 0) is 9.59 Å². The molecule has 1 aliphatic rings. The maximum absolute atomic E-state index is 10.5. The highest BCUT2D eigenvalue weighted by Gasteiger charge is 2.18. The van der Waals surface area contributed by atoms with Crippen molar-refractivity contribution >= 4 is 40.1 Å². The molecule has 0 saturated carbocycles. The molecule has 5 heteroatoms. The van der Waals surface area contributed by atoms with Crippen molar-refractivity contribution in [2.24, 2.45) is 4.99 Å². The summed E-state index contributed by atoms with van der Waals surface area (Å²) in [5, 5.41) is -0.127. The van der Waals surface area contributed by atoms with Crippen molar-refractivity contribution in [3.8, 4) is 0 Å². The van der Waals surface area contributed by atoms with E-state index < -0.39 is 11.7 Å². The Balaban J connectivity index is 3.06. The van der Waals surface area contributed by atoms with E-state index in [0.29, 0.717) is 0 Å². The number of aliphatic imine (C=N–C) groups is 1. The van der Waals surface area contributed by atoms with E-state index in [0.717, 1.165) is 6.08 Å². The van der Waals surface area contributed by atoms with Crippen molar-refractivity contribution in [3.63, 3.8) is 0 Å². The normalized spacial score (nSPS) is 18.6. The maximum Gasteiger partial charge on any atom is 0.318 e. The van der Waals surface area contributed by atoms with Gasteiger partial charge in [0.2, 0.25) is 5.78 Å². The van der Waals surface area contributed by atoms with Crippen LogP contribution in [0.4, 0.5) is 0 Å². The smallest absolute Gasteiger partial charge is 0.284 e. The molecule has 0 aliphatic carbocycles. The van der Waals surface area contributed by atoms with Gasteiger partial charge in [0, 0.05) is 6.08 Å². The fraction of sp³-hybridized carbons (Fsp3) is 0. The van der Waals surface area contributed by atoms with Crippen LogP contribution < -0.4 is 0 Å². The molecule has 0 saturated heterocycles. The summed E-state index contributed by atoms with van der Waals surface area (Å²) >= 11 is 10.7. The molecule has 0 bridgehead atoms. The molecule has 0 fully saturated rings. The van der Waals surface area contributed by atoms with Gasteiger partial charge in [-0.05, 0) is 0 Å². The van der Waals surface area contributed by atoms with Gasteiger partial charge in [0.25, 0.3) is 0 Å². The van der Waals surface area contributed by atoms with E-state index in [4.69, 9.17) is 23.2 Å². The van der Waals surface area contributed by atoms with Crippen LogP contribution in [0.1, 0.15) is 0 Å². The van der Waals surface area contributed by atoms with Crippen LogP contribution in [-0.4, -0.2) is 16.9 Å². The van der Waals surface area contributed by atoms with Crippen LogP contribution in [0, 0.1) is 0 Å². The molecule has 1 aliphatic heterocycles. The number of dihydropyridines is 1. The van der Waals surface area contributed by atoms with E-state index in [9.17, 15) is 9.59 Å². The zero-order valence-electron chi connectivity index (χ0n) is 4.60. The van der Waals surface area contributed by atoms with E-state index >= 15 is 0 Å².